The summed E-state index contributed by atoms with van der Waals surface area (Å²) in [4.78, 5) is 0. The van der Waals surface area contributed by atoms with Gasteiger partial charge in [-0.25, -0.2) is 0 Å². The van der Waals surface area contributed by atoms with Gasteiger partial charge in [0.1, 0.15) is 12.9 Å². The molecule has 0 amide bonds. The van der Waals surface area contributed by atoms with Gasteiger partial charge in [-0.15, -0.1) is 10.2 Å². The topological polar surface area (TPSA) is 50.9 Å². The van der Waals surface area contributed by atoms with Crippen molar-refractivity contribution in [2.75, 3.05) is 5.75 Å². The maximum Gasteiger partial charge on any atom is 0.406 e. The van der Waals surface area contributed by atoms with Crippen LogP contribution in [0.3, 0.4) is 0 Å². The molecule has 8 heteroatoms. The van der Waals surface area contributed by atoms with Gasteiger partial charge in [0.15, 0.2) is 5.16 Å². The second kappa shape index (κ2) is 5.92. The summed E-state index contributed by atoms with van der Waals surface area (Å²) < 4.78 is 37.8. The van der Waals surface area contributed by atoms with Crippen molar-refractivity contribution in [3.8, 4) is 0 Å². The van der Waals surface area contributed by atoms with Crippen molar-refractivity contribution in [2.45, 2.75) is 50.2 Å². The molecule has 0 radical (unpaired) electrons. The van der Waals surface area contributed by atoms with Crippen LogP contribution in [0.4, 0.5) is 13.2 Å². The average molecular weight is 283 g/mol. The number of thioether (sulfide) groups is 1. The smallest absolute Gasteiger partial charge is 0.389 e. The molecule has 0 bridgehead atoms. The lowest BCUT2D eigenvalue weighted by Gasteiger charge is -2.24. The lowest BCUT2D eigenvalue weighted by Crippen LogP contribution is -2.30. The van der Waals surface area contributed by atoms with Crippen molar-refractivity contribution < 1.29 is 18.3 Å². The van der Waals surface area contributed by atoms with E-state index in [4.69, 9.17) is 0 Å². The minimum atomic E-state index is -4.30. The highest BCUT2D eigenvalue weighted by molar-refractivity contribution is 7.99. The minimum absolute atomic E-state index is 0.174. The van der Waals surface area contributed by atoms with Crippen LogP contribution < -0.4 is 0 Å². The zero-order chi connectivity index (χ0) is 13.8. The predicted molar refractivity (Wildman–Crippen MR) is 62.3 cm³/mol. The second-order valence-corrected chi connectivity index (χ2v) is 5.02. The molecule has 1 aromatic heterocycles. The van der Waals surface area contributed by atoms with E-state index in [0.717, 1.165) is 22.7 Å². The molecule has 0 spiro atoms. The third kappa shape index (κ3) is 4.49. The monoisotopic (exact) mass is 283 g/mol. The van der Waals surface area contributed by atoms with Gasteiger partial charge in [-0.05, 0) is 12.8 Å². The molecular weight excluding hydrogens is 267 g/mol. The first-order chi connectivity index (χ1) is 8.29. The Balaban J connectivity index is 2.66. The number of nitrogens with zero attached hydrogens (tertiary/aromatic N) is 3. The van der Waals surface area contributed by atoms with E-state index in [1.807, 2.05) is 13.8 Å². The van der Waals surface area contributed by atoms with Crippen LogP contribution in [-0.4, -0.2) is 37.4 Å². The largest absolute Gasteiger partial charge is 0.406 e. The molecule has 0 aromatic carbocycles. The predicted octanol–water partition coefficient (Wildman–Crippen LogP) is 2.48. The molecule has 104 valence electrons. The molecule has 0 saturated heterocycles. The van der Waals surface area contributed by atoms with Crippen LogP contribution in [0.2, 0.25) is 0 Å². The van der Waals surface area contributed by atoms with Gasteiger partial charge in [-0.1, -0.05) is 25.6 Å². The van der Waals surface area contributed by atoms with E-state index in [-0.39, 0.29) is 5.16 Å². The number of aromatic nitrogens is 3. The van der Waals surface area contributed by atoms with Crippen molar-refractivity contribution in [2.24, 2.45) is 0 Å². The molecule has 4 nitrogen and oxygen atoms in total. The molecule has 0 aliphatic carbocycles. The summed E-state index contributed by atoms with van der Waals surface area (Å²) in [6.45, 7) is 2.56. The Labute approximate surface area is 108 Å². The summed E-state index contributed by atoms with van der Waals surface area (Å²) in [5, 5.41) is 17.3. The lowest BCUT2D eigenvalue weighted by molar-refractivity contribution is -0.142. The van der Waals surface area contributed by atoms with E-state index < -0.39 is 18.3 Å². The quantitative estimate of drug-likeness (QED) is 0.815. The number of aliphatic hydroxyl groups is 1. The van der Waals surface area contributed by atoms with E-state index in [2.05, 4.69) is 10.2 Å². The maximum absolute atomic E-state index is 12.3. The second-order valence-electron chi connectivity index (χ2n) is 4.08. The summed E-state index contributed by atoms with van der Waals surface area (Å²) in [5.74, 6) is 0.302. The molecule has 0 atom stereocenters. The van der Waals surface area contributed by atoms with Gasteiger partial charge >= 0.3 is 6.18 Å². The highest BCUT2D eigenvalue weighted by Crippen LogP contribution is 2.27. The Bertz CT molecular complexity index is 377. The van der Waals surface area contributed by atoms with E-state index in [0.29, 0.717) is 18.6 Å². The highest BCUT2D eigenvalue weighted by Gasteiger charge is 2.30. The van der Waals surface area contributed by atoms with Crippen LogP contribution >= 0.6 is 11.8 Å². The Morgan fingerprint density at radius 2 is 1.94 bits per heavy atom. The van der Waals surface area contributed by atoms with Crippen molar-refractivity contribution in [3.63, 3.8) is 0 Å². The summed E-state index contributed by atoms with van der Waals surface area (Å²) >= 11 is 1.09. The third-order valence-electron chi connectivity index (χ3n) is 2.72. The number of hydrogen-bond acceptors (Lipinski definition) is 4. The molecular formula is C10H16F3N3OS. The molecule has 0 fully saturated rings. The Kier molecular flexibility index (Phi) is 5.03. The van der Waals surface area contributed by atoms with E-state index in [1.54, 1.807) is 0 Å². The fourth-order valence-corrected chi connectivity index (χ4v) is 2.50. The fraction of sp³-hybridized carbons (Fsp3) is 0.800. The molecule has 1 rings (SSSR count). The van der Waals surface area contributed by atoms with Crippen LogP contribution in [0.15, 0.2) is 11.5 Å². The van der Waals surface area contributed by atoms with Crippen LogP contribution in [-0.2, 0) is 6.54 Å². The first kappa shape index (κ1) is 15.3. The van der Waals surface area contributed by atoms with Crippen LogP contribution in [0.25, 0.3) is 0 Å². The molecule has 0 aliphatic rings. The highest BCUT2D eigenvalue weighted by atomic mass is 32.2. The fourth-order valence-electron chi connectivity index (χ4n) is 1.31. The molecule has 0 aliphatic heterocycles. The Hall–Kier alpha value is -0.760. The molecule has 0 saturated carbocycles. The first-order valence-corrected chi connectivity index (χ1v) is 6.58. The normalized spacial score (nSPS) is 13.0. The minimum Gasteiger partial charge on any atom is -0.389 e. The van der Waals surface area contributed by atoms with Crippen LogP contribution in [0.1, 0.15) is 26.7 Å². The van der Waals surface area contributed by atoms with Crippen molar-refractivity contribution >= 4 is 11.8 Å². The molecule has 1 N–H and O–H groups in total. The standard InChI is InChI=1S/C10H16F3N3OS/c1-3-9(17,4-2)6-18-8-15-14-7-16(8)5-10(11,12)13/h7,17H,3-6H2,1-2H3. The van der Waals surface area contributed by atoms with Gasteiger partial charge in [-0.3, -0.25) is 4.57 Å². The molecule has 18 heavy (non-hydrogen) atoms. The van der Waals surface area contributed by atoms with Gasteiger partial charge in [0.05, 0.1) is 5.60 Å². The van der Waals surface area contributed by atoms with E-state index in [9.17, 15) is 18.3 Å². The number of hydrogen-bond donors (Lipinski definition) is 1. The SMILES string of the molecule is CCC(O)(CC)CSc1nncn1CC(F)(F)F. The molecule has 1 heterocycles. The van der Waals surface area contributed by atoms with E-state index in [1.165, 1.54) is 0 Å². The van der Waals surface area contributed by atoms with Crippen molar-refractivity contribution in [1.29, 1.82) is 0 Å². The Morgan fingerprint density at radius 1 is 1.33 bits per heavy atom. The van der Waals surface area contributed by atoms with Gasteiger partial charge in [0, 0.05) is 5.75 Å². The Morgan fingerprint density at radius 3 is 2.44 bits per heavy atom. The molecule has 0 unspecified atom stereocenters. The van der Waals surface area contributed by atoms with E-state index >= 15 is 0 Å². The maximum atomic E-state index is 12.3. The summed E-state index contributed by atoms with van der Waals surface area (Å²) in [5.41, 5.74) is -0.875. The lowest BCUT2D eigenvalue weighted by atomic mass is 10.0. The molecule has 1 aromatic rings. The number of halogens is 3. The summed E-state index contributed by atoms with van der Waals surface area (Å²) in [6, 6.07) is 0. The van der Waals surface area contributed by atoms with Crippen molar-refractivity contribution in [3.05, 3.63) is 6.33 Å². The van der Waals surface area contributed by atoms with Crippen LogP contribution in [0.5, 0.6) is 0 Å². The number of alkyl halides is 3. The van der Waals surface area contributed by atoms with Gasteiger partial charge in [-0.2, -0.15) is 13.2 Å². The van der Waals surface area contributed by atoms with Gasteiger partial charge < -0.3 is 5.11 Å². The zero-order valence-electron chi connectivity index (χ0n) is 10.2. The van der Waals surface area contributed by atoms with Gasteiger partial charge in [0.25, 0.3) is 0 Å². The van der Waals surface area contributed by atoms with Crippen LogP contribution in [0, 0.1) is 0 Å². The van der Waals surface area contributed by atoms with Gasteiger partial charge in [0.2, 0.25) is 0 Å². The summed E-state index contributed by atoms with van der Waals surface area (Å²) in [6.07, 6.45) is -2.16. The number of rotatable bonds is 6. The third-order valence-corrected chi connectivity index (χ3v) is 3.97. The van der Waals surface area contributed by atoms with Crippen molar-refractivity contribution in [1.82, 2.24) is 14.8 Å². The average Bonchev–Trinajstić information content (AvgIpc) is 2.71. The first-order valence-electron chi connectivity index (χ1n) is 5.59. The summed E-state index contributed by atoms with van der Waals surface area (Å²) in [7, 11) is 0. The zero-order valence-corrected chi connectivity index (χ0v) is 11.1.